The zero-order valence-corrected chi connectivity index (χ0v) is 23.4. The third kappa shape index (κ3) is 5.23. The molecular formula is C30H27N3O4S2. The lowest BCUT2D eigenvalue weighted by atomic mass is 10.1. The molecule has 0 atom stereocenters. The number of carbonyl (C=O) groups excluding carboxylic acids is 1. The first-order valence-electron chi connectivity index (χ1n) is 12.2. The van der Waals surface area contributed by atoms with E-state index in [2.05, 4.69) is 0 Å². The zero-order chi connectivity index (χ0) is 27.6. The predicted octanol–water partition coefficient (Wildman–Crippen LogP) is 6.29. The number of ether oxygens (including phenoxy) is 1. The predicted molar refractivity (Wildman–Crippen MR) is 156 cm³/mol. The number of sulfonamides is 1. The zero-order valence-electron chi connectivity index (χ0n) is 21.7. The van der Waals surface area contributed by atoms with Gasteiger partial charge in [0.1, 0.15) is 11.3 Å². The minimum absolute atomic E-state index is 0.0976. The molecule has 7 nitrogen and oxygen atoms in total. The van der Waals surface area contributed by atoms with Crippen LogP contribution < -0.4 is 13.9 Å². The number of hydrogen-bond acceptors (Lipinski definition) is 6. The lowest BCUT2D eigenvalue weighted by Crippen LogP contribution is -2.30. The molecule has 5 aromatic rings. The van der Waals surface area contributed by atoms with E-state index in [9.17, 15) is 13.2 Å². The molecule has 0 aliphatic rings. The smallest absolute Gasteiger partial charge is 0.264 e. The standard InChI is InChI=1S/C30H27N3O4S2/c1-21-14-19-26(37-3)27-28(21)38-30(31-27)33(20-22-10-6-4-7-11-22)29(34)23-15-17-25(18-16-23)39(35,36)32(2)24-12-8-5-9-13-24/h4-19H,20H2,1-3H3. The number of benzene rings is 4. The monoisotopic (exact) mass is 557 g/mol. The molecule has 0 aliphatic heterocycles. The van der Waals surface area contributed by atoms with Crippen molar-refractivity contribution in [3.63, 3.8) is 0 Å². The van der Waals surface area contributed by atoms with Crippen LogP contribution in [0, 0.1) is 6.92 Å². The average Bonchev–Trinajstić information content (AvgIpc) is 3.43. The third-order valence-corrected chi connectivity index (χ3v) is 9.46. The van der Waals surface area contributed by atoms with Crippen LogP contribution in [0.15, 0.2) is 102 Å². The fourth-order valence-electron chi connectivity index (χ4n) is 4.23. The fourth-order valence-corrected chi connectivity index (χ4v) is 6.48. The molecule has 0 saturated carbocycles. The Hall–Kier alpha value is -4.21. The molecule has 1 amide bonds. The second-order valence-electron chi connectivity index (χ2n) is 8.97. The van der Waals surface area contributed by atoms with E-state index in [1.165, 1.54) is 34.8 Å². The highest BCUT2D eigenvalue weighted by Crippen LogP contribution is 2.37. The van der Waals surface area contributed by atoms with Crippen molar-refractivity contribution in [2.75, 3.05) is 23.4 Å². The summed E-state index contributed by atoms with van der Waals surface area (Å²) in [6, 6.07) is 28.4. The van der Waals surface area contributed by atoms with Crippen LogP contribution in [0.4, 0.5) is 10.8 Å². The summed E-state index contributed by atoms with van der Waals surface area (Å²) in [4.78, 5) is 20.4. The van der Waals surface area contributed by atoms with Gasteiger partial charge in [0, 0.05) is 12.6 Å². The molecule has 0 bridgehead atoms. The van der Waals surface area contributed by atoms with Gasteiger partial charge in [-0.3, -0.25) is 14.0 Å². The van der Waals surface area contributed by atoms with Crippen molar-refractivity contribution in [2.24, 2.45) is 0 Å². The number of fused-ring (bicyclic) bond motifs is 1. The average molecular weight is 558 g/mol. The van der Waals surface area contributed by atoms with Crippen LogP contribution in [-0.4, -0.2) is 33.5 Å². The molecule has 0 saturated heterocycles. The fraction of sp³-hybridized carbons (Fsp3) is 0.133. The Morgan fingerprint density at radius 2 is 1.54 bits per heavy atom. The van der Waals surface area contributed by atoms with E-state index < -0.39 is 10.0 Å². The van der Waals surface area contributed by atoms with Crippen LogP contribution in [0.25, 0.3) is 10.2 Å². The summed E-state index contributed by atoms with van der Waals surface area (Å²) in [6.07, 6.45) is 0. The van der Waals surface area contributed by atoms with E-state index in [0.29, 0.717) is 34.2 Å². The summed E-state index contributed by atoms with van der Waals surface area (Å²) in [5, 5.41) is 0.534. The van der Waals surface area contributed by atoms with Crippen molar-refractivity contribution < 1.29 is 17.9 Å². The summed E-state index contributed by atoms with van der Waals surface area (Å²) < 4.78 is 34.1. The highest BCUT2D eigenvalue weighted by molar-refractivity contribution is 7.92. The molecule has 1 heterocycles. The number of para-hydroxylation sites is 1. The number of anilines is 2. The summed E-state index contributed by atoms with van der Waals surface area (Å²) in [6.45, 7) is 2.30. The molecule has 198 valence electrons. The van der Waals surface area contributed by atoms with Gasteiger partial charge in [0.15, 0.2) is 5.13 Å². The van der Waals surface area contributed by atoms with E-state index in [4.69, 9.17) is 9.72 Å². The quantitative estimate of drug-likeness (QED) is 0.224. The lowest BCUT2D eigenvalue weighted by molar-refractivity contribution is 0.0985. The van der Waals surface area contributed by atoms with Gasteiger partial charge in [-0.2, -0.15) is 0 Å². The molecule has 39 heavy (non-hydrogen) atoms. The van der Waals surface area contributed by atoms with E-state index in [1.54, 1.807) is 48.4 Å². The van der Waals surface area contributed by atoms with Crippen LogP contribution >= 0.6 is 11.3 Å². The molecule has 4 aromatic carbocycles. The Morgan fingerprint density at radius 3 is 2.18 bits per heavy atom. The van der Waals surface area contributed by atoms with Crippen molar-refractivity contribution in [3.05, 3.63) is 114 Å². The highest BCUT2D eigenvalue weighted by atomic mass is 32.2. The Labute approximate surface area is 232 Å². The number of rotatable bonds is 8. The first-order valence-corrected chi connectivity index (χ1v) is 14.5. The van der Waals surface area contributed by atoms with Crippen LogP contribution in [0.2, 0.25) is 0 Å². The molecule has 0 spiro atoms. The summed E-state index contributed by atoms with van der Waals surface area (Å²) >= 11 is 1.42. The van der Waals surface area contributed by atoms with Gasteiger partial charge in [-0.05, 0) is 60.5 Å². The SMILES string of the molecule is COc1ccc(C)c2sc(N(Cc3ccccc3)C(=O)c3ccc(S(=O)(=O)N(C)c4ccccc4)cc3)nc12. The highest BCUT2D eigenvalue weighted by Gasteiger charge is 2.25. The van der Waals surface area contributed by atoms with E-state index in [1.807, 2.05) is 55.5 Å². The molecule has 1 aromatic heterocycles. The minimum Gasteiger partial charge on any atom is -0.494 e. The van der Waals surface area contributed by atoms with Gasteiger partial charge < -0.3 is 4.74 Å². The number of amides is 1. The molecule has 0 radical (unpaired) electrons. The summed E-state index contributed by atoms with van der Waals surface area (Å²) in [5.74, 6) is 0.359. The number of hydrogen-bond donors (Lipinski definition) is 0. The van der Waals surface area contributed by atoms with Crippen LogP contribution in [-0.2, 0) is 16.6 Å². The maximum Gasteiger partial charge on any atom is 0.264 e. The summed E-state index contributed by atoms with van der Waals surface area (Å²) in [5.41, 5.74) is 3.59. The minimum atomic E-state index is -3.80. The Morgan fingerprint density at radius 1 is 0.897 bits per heavy atom. The molecule has 9 heteroatoms. The second kappa shape index (κ2) is 10.9. The maximum atomic E-state index is 13.9. The Balaban J connectivity index is 1.51. The Kier molecular flexibility index (Phi) is 7.36. The second-order valence-corrected chi connectivity index (χ2v) is 11.9. The molecular weight excluding hydrogens is 530 g/mol. The molecule has 0 fully saturated rings. The van der Waals surface area contributed by atoms with Gasteiger partial charge in [0.25, 0.3) is 15.9 Å². The summed E-state index contributed by atoms with van der Waals surface area (Å²) in [7, 11) is -0.694. The van der Waals surface area contributed by atoms with Gasteiger partial charge in [0.05, 0.1) is 28.9 Å². The normalized spacial score (nSPS) is 11.4. The van der Waals surface area contributed by atoms with Gasteiger partial charge in [-0.1, -0.05) is 65.9 Å². The van der Waals surface area contributed by atoms with Gasteiger partial charge >= 0.3 is 0 Å². The largest absolute Gasteiger partial charge is 0.494 e. The van der Waals surface area contributed by atoms with Crippen molar-refractivity contribution in [1.29, 1.82) is 0 Å². The topological polar surface area (TPSA) is 79.8 Å². The van der Waals surface area contributed by atoms with Crippen LogP contribution in [0.5, 0.6) is 5.75 Å². The molecule has 0 N–H and O–H groups in total. The van der Waals surface area contributed by atoms with Crippen molar-refractivity contribution >= 4 is 48.3 Å². The maximum absolute atomic E-state index is 13.9. The van der Waals surface area contributed by atoms with E-state index in [0.717, 1.165) is 15.8 Å². The number of nitrogens with zero attached hydrogens (tertiary/aromatic N) is 3. The van der Waals surface area contributed by atoms with Gasteiger partial charge in [-0.25, -0.2) is 13.4 Å². The number of thiazole rings is 1. The van der Waals surface area contributed by atoms with Crippen molar-refractivity contribution in [2.45, 2.75) is 18.4 Å². The van der Waals surface area contributed by atoms with E-state index >= 15 is 0 Å². The lowest BCUT2D eigenvalue weighted by Gasteiger charge is -2.21. The molecule has 0 aliphatic carbocycles. The Bertz CT molecular complexity index is 1720. The third-order valence-electron chi connectivity index (χ3n) is 6.45. The van der Waals surface area contributed by atoms with Crippen LogP contribution in [0.1, 0.15) is 21.5 Å². The number of aromatic nitrogens is 1. The van der Waals surface area contributed by atoms with Gasteiger partial charge in [-0.15, -0.1) is 0 Å². The molecule has 0 unspecified atom stereocenters. The first-order chi connectivity index (χ1) is 18.8. The van der Waals surface area contributed by atoms with E-state index in [-0.39, 0.29) is 10.8 Å². The van der Waals surface area contributed by atoms with Gasteiger partial charge in [0.2, 0.25) is 0 Å². The van der Waals surface area contributed by atoms with Crippen LogP contribution in [0.3, 0.4) is 0 Å². The molecule has 5 rings (SSSR count). The number of aryl methyl sites for hydroxylation is 1. The number of carbonyl (C=O) groups is 1. The van der Waals surface area contributed by atoms with Crippen molar-refractivity contribution in [1.82, 2.24) is 4.98 Å². The first kappa shape index (κ1) is 26.4. The number of methoxy groups -OCH3 is 1. The van der Waals surface area contributed by atoms with Crippen molar-refractivity contribution in [3.8, 4) is 5.75 Å².